The Morgan fingerprint density at radius 1 is 1.33 bits per heavy atom. The first-order valence-electron chi connectivity index (χ1n) is 5.46. The van der Waals surface area contributed by atoms with Crippen molar-refractivity contribution in [3.8, 4) is 5.75 Å². The monoisotopic (exact) mass is 206 g/mol. The molecule has 1 saturated heterocycles. The quantitative estimate of drug-likeness (QED) is 0.767. The van der Waals surface area contributed by atoms with Gasteiger partial charge in [0.2, 0.25) is 0 Å². The maximum Gasteiger partial charge on any atom is 0.122 e. The van der Waals surface area contributed by atoms with Gasteiger partial charge in [0.1, 0.15) is 5.75 Å². The third-order valence-corrected chi connectivity index (χ3v) is 2.78. The fourth-order valence-corrected chi connectivity index (χ4v) is 1.99. The fraction of sp³-hybridized carbons (Fsp3) is 0.500. The van der Waals surface area contributed by atoms with E-state index in [1.165, 1.54) is 5.56 Å². The average Bonchev–Trinajstić information content (AvgIpc) is 2.31. The summed E-state index contributed by atoms with van der Waals surface area (Å²) in [6, 6.07) is 8.75. The summed E-state index contributed by atoms with van der Waals surface area (Å²) < 4.78 is 5.34. The first-order valence-corrected chi connectivity index (χ1v) is 5.46. The van der Waals surface area contributed by atoms with E-state index in [9.17, 15) is 0 Å². The summed E-state index contributed by atoms with van der Waals surface area (Å²) in [4.78, 5) is 0. The molecule has 1 heterocycles. The highest BCUT2D eigenvalue weighted by atomic mass is 16.5. The molecule has 1 aliphatic heterocycles. The lowest BCUT2D eigenvalue weighted by Gasteiger charge is -2.25. The topological polar surface area (TPSA) is 33.3 Å². The third kappa shape index (κ3) is 2.70. The Labute approximate surface area is 90.8 Å². The van der Waals surface area contributed by atoms with Crippen molar-refractivity contribution < 1.29 is 4.74 Å². The van der Waals surface area contributed by atoms with Crippen molar-refractivity contribution in [2.24, 2.45) is 0 Å². The molecule has 0 amide bonds. The average molecular weight is 206 g/mol. The molecule has 0 aromatic heterocycles. The summed E-state index contributed by atoms with van der Waals surface area (Å²) in [7, 11) is 1.73. The number of hydrogen-bond donors (Lipinski definition) is 2. The molecular weight excluding hydrogens is 188 g/mol. The van der Waals surface area contributed by atoms with Gasteiger partial charge in [-0.1, -0.05) is 18.2 Å². The molecule has 3 heteroatoms. The van der Waals surface area contributed by atoms with Crippen molar-refractivity contribution in [2.75, 3.05) is 26.7 Å². The van der Waals surface area contributed by atoms with E-state index in [0.29, 0.717) is 6.04 Å². The lowest BCUT2D eigenvalue weighted by molar-refractivity contribution is 0.391. The Bertz CT molecular complexity index is 308. The summed E-state index contributed by atoms with van der Waals surface area (Å²) in [6.45, 7) is 3.17. The van der Waals surface area contributed by atoms with Gasteiger partial charge in [-0.15, -0.1) is 0 Å². The zero-order chi connectivity index (χ0) is 10.5. The van der Waals surface area contributed by atoms with Crippen LogP contribution in [-0.4, -0.2) is 32.8 Å². The maximum absolute atomic E-state index is 5.34. The molecule has 0 aliphatic carbocycles. The summed E-state index contributed by atoms with van der Waals surface area (Å²) in [5.74, 6) is 0.991. The highest BCUT2D eigenvalue weighted by Gasteiger charge is 2.14. The summed E-state index contributed by atoms with van der Waals surface area (Å²) in [5.41, 5.74) is 1.28. The van der Waals surface area contributed by atoms with Gasteiger partial charge in [-0.05, 0) is 18.1 Å². The van der Waals surface area contributed by atoms with Crippen molar-refractivity contribution in [3.63, 3.8) is 0 Å². The number of piperazine rings is 1. The molecule has 2 rings (SSSR count). The Hall–Kier alpha value is -1.06. The zero-order valence-corrected chi connectivity index (χ0v) is 9.12. The molecular formula is C12H18N2O. The summed E-state index contributed by atoms with van der Waals surface area (Å²) >= 11 is 0. The van der Waals surface area contributed by atoms with Gasteiger partial charge in [0.25, 0.3) is 0 Å². The third-order valence-electron chi connectivity index (χ3n) is 2.78. The van der Waals surface area contributed by atoms with E-state index < -0.39 is 0 Å². The van der Waals surface area contributed by atoms with Gasteiger partial charge >= 0.3 is 0 Å². The largest absolute Gasteiger partial charge is 0.496 e. The lowest BCUT2D eigenvalue weighted by atomic mass is 10.0. The van der Waals surface area contributed by atoms with Crippen LogP contribution in [0.15, 0.2) is 24.3 Å². The van der Waals surface area contributed by atoms with Gasteiger partial charge in [-0.2, -0.15) is 0 Å². The van der Waals surface area contributed by atoms with Gasteiger partial charge in [0, 0.05) is 25.7 Å². The summed E-state index contributed by atoms with van der Waals surface area (Å²) in [5, 5.41) is 6.89. The van der Waals surface area contributed by atoms with Crippen LogP contribution in [0.2, 0.25) is 0 Å². The molecule has 1 aromatic carbocycles. The molecule has 82 valence electrons. The predicted octanol–water partition coefficient (Wildman–Crippen LogP) is 0.799. The lowest BCUT2D eigenvalue weighted by Crippen LogP contribution is -2.49. The second-order valence-corrected chi connectivity index (χ2v) is 3.87. The minimum Gasteiger partial charge on any atom is -0.496 e. The van der Waals surface area contributed by atoms with Crippen molar-refractivity contribution in [1.29, 1.82) is 0 Å². The highest BCUT2D eigenvalue weighted by molar-refractivity contribution is 5.33. The predicted molar refractivity (Wildman–Crippen MR) is 61.4 cm³/mol. The molecule has 0 radical (unpaired) electrons. The number of rotatable bonds is 3. The van der Waals surface area contributed by atoms with Crippen LogP contribution < -0.4 is 15.4 Å². The smallest absolute Gasteiger partial charge is 0.122 e. The van der Waals surface area contributed by atoms with Crippen molar-refractivity contribution in [1.82, 2.24) is 10.6 Å². The van der Waals surface area contributed by atoms with Crippen LogP contribution in [0.25, 0.3) is 0 Å². The van der Waals surface area contributed by atoms with Crippen LogP contribution in [0, 0.1) is 0 Å². The van der Waals surface area contributed by atoms with Crippen molar-refractivity contribution >= 4 is 0 Å². The van der Waals surface area contributed by atoms with Crippen LogP contribution >= 0.6 is 0 Å². The highest BCUT2D eigenvalue weighted by Crippen LogP contribution is 2.18. The number of nitrogens with one attached hydrogen (secondary N) is 2. The van der Waals surface area contributed by atoms with E-state index in [1.807, 2.05) is 12.1 Å². The van der Waals surface area contributed by atoms with Gasteiger partial charge < -0.3 is 15.4 Å². The number of benzene rings is 1. The Morgan fingerprint density at radius 2 is 2.20 bits per heavy atom. The van der Waals surface area contributed by atoms with E-state index in [1.54, 1.807) is 7.11 Å². The Morgan fingerprint density at radius 3 is 2.93 bits per heavy atom. The van der Waals surface area contributed by atoms with Gasteiger partial charge in [0.15, 0.2) is 0 Å². The molecule has 0 bridgehead atoms. The first kappa shape index (κ1) is 10.5. The normalized spacial score (nSPS) is 21.3. The zero-order valence-electron chi connectivity index (χ0n) is 9.12. The van der Waals surface area contributed by atoms with Crippen LogP contribution in [0.1, 0.15) is 5.56 Å². The second kappa shape index (κ2) is 5.14. The fourth-order valence-electron chi connectivity index (χ4n) is 1.99. The van der Waals surface area contributed by atoms with E-state index in [-0.39, 0.29) is 0 Å². The maximum atomic E-state index is 5.34. The number of para-hydroxylation sites is 1. The molecule has 1 aromatic rings. The van der Waals surface area contributed by atoms with E-state index in [0.717, 1.165) is 31.8 Å². The van der Waals surface area contributed by atoms with Crippen molar-refractivity contribution in [3.05, 3.63) is 29.8 Å². The Balaban J connectivity index is 2.02. The molecule has 3 nitrogen and oxygen atoms in total. The number of hydrogen-bond acceptors (Lipinski definition) is 3. The van der Waals surface area contributed by atoms with Gasteiger partial charge in [-0.25, -0.2) is 0 Å². The van der Waals surface area contributed by atoms with E-state index in [4.69, 9.17) is 4.74 Å². The molecule has 15 heavy (non-hydrogen) atoms. The van der Waals surface area contributed by atoms with Gasteiger partial charge in [-0.3, -0.25) is 0 Å². The van der Waals surface area contributed by atoms with Crippen LogP contribution in [0.3, 0.4) is 0 Å². The van der Waals surface area contributed by atoms with Crippen molar-refractivity contribution in [2.45, 2.75) is 12.5 Å². The number of ether oxygens (including phenoxy) is 1. The van der Waals surface area contributed by atoms with E-state index >= 15 is 0 Å². The molecule has 1 fully saturated rings. The van der Waals surface area contributed by atoms with E-state index in [2.05, 4.69) is 22.8 Å². The van der Waals surface area contributed by atoms with Gasteiger partial charge in [0.05, 0.1) is 7.11 Å². The van der Waals surface area contributed by atoms with Crippen LogP contribution in [-0.2, 0) is 6.42 Å². The number of methoxy groups -OCH3 is 1. The minimum atomic E-state index is 0.523. The molecule has 0 spiro atoms. The minimum absolute atomic E-state index is 0.523. The molecule has 1 aliphatic rings. The van der Waals surface area contributed by atoms with Crippen LogP contribution in [0.5, 0.6) is 5.75 Å². The molecule has 1 unspecified atom stereocenters. The summed E-state index contributed by atoms with van der Waals surface area (Å²) in [6.07, 6.45) is 1.02. The molecule has 1 atom stereocenters. The first-order chi connectivity index (χ1) is 7.40. The second-order valence-electron chi connectivity index (χ2n) is 3.87. The SMILES string of the molecule is COc1ccccc1CC1CNCCN1. The molecule has 0 saturated carbocycles. The van der Waals surface area contributed by atoms with Crippen LogP contribution in [0.4, 0.5) is 0 Å². The Kier molecular flexibility index (Phi) is 3.59. The molecule has 2 N–H and O–H groups in total. The standard InChI is InChI=1S/C12H18N2O/c1-15-12-5-3-2-4-10(12)8-11-9-13-6-7-14-11/h2-5,11,13-14H,6-9H2,1H3.